The fourth-order valence-corrected chi connectivity index (χ4v) is 2.80. The number of aromatic nitrogens is 3. The summed E-state index contributed by atoms with van der Waals surface area (Å²) in [7, 11) is 0. The van der Waals surface area contributed by atoms with Crippen LogP contribution >= 0.6 is 0 Å². The molecule has 0 bridgehead atoms. The summed E-state index contributed by atoms with van der Waals surface area (Å²) in [4.78, 5) is 6.91. The Morgan fingerprint density at radius 2 is 2.00 bits per heavy atom. The van der Waals surface area contributed by atoms with Gasteiger partial charge in [0.15, 0.2) is 5.82 Å². The molecule has 0 saturated carbocycles. The first-order valence-corrected chi connectivity index (χ1v) is 7.55. The molecule has 1 aliphatic heterocycles. The van der Waals surface area contributed by atoms with Crippen LogP contribution in [-0.4, -0.2) is 34.8 Å². The summed E-state index contributed by atoms with van der Waals surface area (Å²) in [5.41, 5.74) is 8.45. The van der Waals surface area contributed by atoms with Crippen molar-refractivity contribution in [3.05, 3.63) is 29.8 Å². The van der Waals surface area contributed by atoms with Gasteiger partial charge in [-0.15, -0.1) is 5.10 Å². The quantitative estimate of drug-likeness (QED) is 0.908. The molecule has 1 fully saturated rings. The number of hydrogen-bond donors (Lipinski definition) is 2. The Kier molecular flexibility index (Phi) is 3.68. The average Bonchev–Trinajstić information content (AvgIpc) is 2.98. The third kappa shape index (κ3) is 2.78. The van der Waals surface area contributed by atoms with Gasteiger partial charge in [0.25, 0.3) is 0 Å². The van der Waals surface area contributed by atoms with E-state index in [2.05, 4.69) is 46.1 Å². The second-order valence-electron chi connectivity index (χ2n) is 6.30. The van der Waals surface area contributed by atoms with Crippen LogP contribution in [-0.2, 0) is 0 Å². The van der Waals surface area contributed by atoms with Crippen LogP contribution in [0, 0.1) is 12.3 Å². The molecule has 0 radical (unpaired) electrons. The van der Waals surface area contributed by atoms with Gasteiger partial charge in [-0.05, 0) is 37.3 Å². The number of nitrogens with zero attached hydrogens (tertiary/aromatic N) is 3. The first-order valence-electron chi connectivity index (χ1n) is 7.55. The Morgan fingerprint density at radius 1 is 1.29 bits per heavy atom. The summed E-state index contributed by atoms with van der Waals surface area (Å²) in [6.07, 6.45) is 2.19. The maximum Gasteiger partial charge on any atom is 0.245 e. The zero-order valence-corrected chi connectivity index (χ0v) is 12.8. The zero-order valence-electron chi connectivity index (χ0n) is 12.8. The lowest BCUT2D eigenvalue weighted by Gasteiger charge is -2.38. The molecule has 0 spiro atoms. The number of nitrogens with one attached hydrogen (secondary N) is 1. The highest BCUT2D eigenvalue weighted by molar-refractivity contribution is 5.60. The number of aromatic amines is 1. The molecule has 1 saturated heterocycles. The van der Waals surface area contributed by atoms with Gasteiger partial charge in [-0.25, -0.2) is 0 Å². The first-order chi connectivity index (χ1) is 10.1. The molecule has 3 rings (SSSR count). The van der Waals surface area contributed by atoms with Crippen LogP contribution in [0.3, 0.4) is 0 Å². The molecule has 5 heteroatoms. The lowest BCUT2D eigenvalue weighted by molar-refractivity contribution is 0.257. The van der Waals surface area contributed by atoms with Gasteiger partial charge < -0.3 is 10.6 Å². The number of hydrogen-bond acceptors (Lipinski definition) is 4. The number of H-pyrrole nitrogens is 1. The van der Waals surface area contributed by atoms with Crippen LogP contribution in [0.4, 0.5) is 5.95 Å². The summed E-state index contributed by atoms with van der Waals surface area (Å²) in [5, 5.41) is 7.46. The normalized spacial score (nSPS) is 18.0. The monoisotopic (exact) mass is 285 g/mol. The molecule has 2 aromatic rings. The number of aryl methyl sites for hydroxylation is 1. The molecule has 1 aliphatic rings. The fourth-order valence-electron chi connectivity index (χ4n) is 2.80. The summed E-state index contributed by atoms with van der Waals surface area (Å²) in [5.74, 6) is 1.64. The highest BCUT2D eigenvalue weighted by atomic mass is 15.4. The molecule has 0 unspecified atom stereocenters. The van der Waals surface area contributed by atoms with Crippen LogP contribution in [0.25, 0.3) is 11.4 Å². The standard InChI is InChI=1S/C16H23N5/c1-12-5-3-4-6-13(12)14-18-15(20-19-14)21-9-7-16(2,11-17)8-10-21/h3-6H,7-11,17H2,1-2H3,(H,18,19,20). The molecule has 0 atom stereocenters. The van der Waals surface area contributed by atoms with E-state index in [1.54, 1.807) is 0 Å². The van der Waals surface area contributed by atoms with E-state index in [4.69, 9.17) is 5.73 Å². The number of nitrogens with two attached hydrogens (primary N) is 1. The zero-order chi connectivity index (χ0) is 14.9. The minimum Gasteiger partial charge on any atom is -0.339 e. The van der Waals surface area contributed by atoms with Gasteiger partial charge >= 0.3 is 0 Å². The van der Waals surface area contributed by atoms with Crippen molar-refractivity contribution in [2.75, 3.05) is 24.5 Å². The third-order valence-electron chi connectivity index (χ3n) is 4.62. The third-order valence-corrected chi connectivity index (χ3v) is 4.62. The predicted octanol–water partition coefficient (Wildman–Crippen LogP) is 2.35. The second kappa shape index (κ2) is 5.48. The van der Waals surface area contributed by atoms with Gasteiger partial charge in [-0.2, -0.15) is 4.98 Å². The Morgan fingerprint density at radius 3 is 2.67 bits per heavy atom. The van der Waals surface area contributed by atoms with Crippen molar-refractivity contribution in [2.45, 2.75) is 26.7 Å². The second-order valence-corrected chi connectivity index (χ2v) is 6.30. The van der Waals surface area contributed by atoms with Crippen LogP contribution in [0.2, 0.25) is 0 Å². The molecule has 0 aliphatic carbocycles. The first kappa shape index (κ1) is 14.1. The molecule has 5 nitrogen and oxygen atoms in total. The van der Waals surface area contributed by atoms with E-state index >= 15 is 0 Å². The summed E-state index contributed by atoms with van der Waals surface area (Å²) >= 11 is 0. The molecule has 2 heterocycles. The lowest BCUT2D eigenvalue weighted by Crippen LogP contribution is -2.42. The highest BCUT2D eigenvalue weighted by Crippen LogP contribution is 2.31. The largest absolute Gasteiger partial charge is 0.339 e. The minimum absolute atomic E-state index is 0.269. The minimum atomic E-state index is 0.269. The van der Waals surface area contributed by atoms with E-state index < -0.39 is 0 Å². The molecular weight excluding hydrogens is 262 g/mol. The summed E-state index contributed by atoms with van der Waals surface area (Å²) in [6, 6.07) is 8.22. The molecule has 21 heavy (non-hydrogen) atoms. The van der Waals surface area contributed by atoms with Crippen LogP contribution in [0.5, 0.6) is 0 Å². The lowest BCUT2D eigenvalue weighted by atomic mass is 9.81. The van der Waals surface area contributed by atoms with Gasteiger partial charge in [-0.3, -0.25) is 5.10 Å². The van der Waals surface area contributed by atoms with Crippen molar-refractivity contribution in [1.82, 2.24) is 15.2 Å². The number of rotatable bonds is 3. The Balaban J connectivity index is 1.76. The maximum atomic E-state index is 5.86. The van der Waals surface area contributed by atoms with E-state index in [0.29, 0.717) is 0 Å². The Hall–Kier alpha value is -1.88. The van der Waals surface area contributed by atoms with Crippen molar-refractivity contribution >= 4 is 5.95 Å². The maximum absolute atomic E-state index is 5.86. The molecule has 1 aromatic carbocycles. The van der Waals surface area contributed by atoms with E-state index in [-0.39, 0.29) is 5.41 Å². The van der Waals surface area contributed by atoms with Crippen molar-refractivity contribution in [3.63, 3.8) is 0 Å². The van der Waals surface area contributed by atoms with E-state index in [1.807, 2.05) is 12.1 Å². The number of anilines is 1. The fraction of sp³-hybridized carbons (Fsp3) is 0.500. The van der Waals surface area contributed by atoms with Crippen molar-refractivity contribution in [1.29, 1.82) is 0 Å². The summed E-state index contributed by atoms with van der Waals surface area (Å²) < 4.78 is 0. The number of piperidine rings is 1. The van der Waals surface area contributed by atoms with Crippen molar-refractivity contribution in [3.8, 4) is 11.4 Å². The van der Waals surface area contributed by atoms with Gasteiger partial charge in [0, 0.05) is 18.7 Å². The predicted molar refractivity (Wildman–Crippen MR) is 85.2 cm³/mol. The molecule has 3 N–H and O–H groups in total. The van der Waals surface area contributed by atoms with Crippen LogP contribution in [0.1, 0.15) is 25.3 Å². The SMILES string of the molecule is Cc1ccccc1-c1nc(N2CCC(C)(CN)CC2)n[nH]1. The smallest absolute Gasteiger partial charge is 0.245 e. The van der Waals surface area contributed by atoms with E-state index in [1.165, 1.54) is 5.56 Å². The average molecular weight is 285 g/mol. The van der Waals surface area contributed by atoms with Gasteiger partial charge in [-0.1, -0.05) is 31.2 Å². The van der Waals surface area contributed by atoms with Crippen LogP contribution < -0.4 is 10.6 Å². The summed E-state index contributed by atoms with van der Waals surface area (Å²) in [6.45, 7) is 7.05. The number of benzene rings is 1. The molecule has 1 aromatic heterocycles. The Labute approximate surface area is 125 Å². The molecule has 0 amide bonds. The van der Waals surface area contributed by atoms with E-state index in [9.17, 15) is 0 Å². The van der Waals surface area contributed by atoms with Gasteiger partial charge in [0.1, 0.15) is 0 Å². The van der Waals surface area contributed by atoms with E-state index in [0.717, 1.165) is 49.8 Å². The van der Waals surface area contributed by atoms with Crippen LogP contribution in [0.15, 0.2) is 24.3 Å². The Bertz CT molecular complexity index is 611. The highest BCUT2D eigenvalue weighted by Gasteiger charge is 2.30. The molecular formula is C16H23N5. The van der Waals surface area contributed by atoms with Gasteiger partial charge in [0.2, 0.25) is 5.95 Å². The topological polar surface area (TPSA) is 70.8 Å². The van der Waals surface area contributed by atoms with Crippen molar-refractivity contribution < 1.29 is 0 Å². The van der Waals surface area contributed by atoms with Gasteiger partial charge in [0.05, 0.1) is 0 Å². The molecule has 112 valence electrons. The van der Waals surface area contributed by atoms with Crippen molar-refractivity contribution in [2.24, 2.45) is 11.1 Å².